The van der Waals surface area contributed by atoms with Crippen LogP contribution >= 0.6 is 23.4 Å². The van der Waals surface area contributed by atoms with E-state index in [4.69, 9.17) is 11.6 Å². The van der Waals surface area contributed by atoms with E-state index in [0.717, 1.165) is 16.8 Å². The third-order valence-corrected chi connectivity index (χ3v) is 7.06. The van der Waals surface area contributed by atoms with Gasteiger partial charge in [-0.05, 0) is 65.7 Å². The number of tetrazole rings is 1. The first kappa shape index (κ1) is 18.9. The first-order chi connectivity index (χ1) is 12.4. The van der Waals surface area contributed by atoms with Gasteiger partial charge in [-0.2, -0.15) is 4.68 Å². The topological polar surface area (TPSA) is 77.7 Å². The van der Waals surface area contributed by atoms with Crippen molar-refractivity contribution < 1.29 is 8.42 Å². The van der Waals surface area contributed by atoms with Crippen LogP contribution < -0.4 is 0 Å². The highest BCUT2D eigenvalue weighted by molar-refractivity contribution is 8.00. The van der Waals surface area contributed by atoms with Gasteiger partial charge in [0.2, 0.25) is 5.16 Å². The van der Waals surface area contributed by atoms with Crippen molar-refractivity contribution in [2.75, 3.05) is 11.5 Å². The number of hydrogen-bond acceptors (Lipinski definition) is 6. The minimum absolute atomic E-state index is 0.00936. The first-order valence-electron chi connectivity index (χ1n) is 7.84. The lowest BCUT2D eigenvalue weighted by Gasteiger charge is -2.09. The molecule has 3 aromatic rings. The summed E-state index contributed by atoms with van der Waals surface area (Å²) in [7, 11) is -3.37. The number of nitrogens with zero attached hydrogens (tertiary/aromatic N) is 4. The number of rotatable bonds is 6. The van der Waals surface area contributed by atoms with Crippen LogP contribution in [0.1, 0.15) is 11.1 Å². The van der Waals surface area contributed by atoms with Gasteiger partial charge < -0.3 is 0 Å². The molecule has 0 bridgehead atoms. The Balaban J connectivity index is 1.72. The van der Waals surface area contributed by atoms with Crippen LogP contribution in [-0.4, -0.2) is 40.1 Å². The van der Waals surface area contributed by atoms with Crippen molar-refractivity contribution in [3.05, 3.63) is 58.6 Å². The fraction of sp³-hybridized carbons (Fsp3) is 0.235. The molecule has 0 aliphatic heterocycles. The van der Waals surface area contributed by atoms with Crippen molar-refractivity contribution in [1.29, 1.82) is 0 Å². The van der Waals surface area contributed by atoms with Gasteiger partial charge in [-0.15, -0.1) is 5.10 Å². The Labute approximate surface area is 161 Å². The summed E-state index contributed by atoms with van der Waals surface area (Å²) < 4.78 is 26.8. The molecule has 0 aliphatic rings. The van der Waals surface area contributed by atoms with Gasteiger partial charge in [0.25, 0.3) is 0 Å². The monoisotopic (exact) mass is 408 g/mol. The molecule has 136 valence electrons. The summed E-state index contributed by atoms with van der Waals surface area (Å²) in [5.41, 5.74) is 2.44. The zero-order chi connectivity index (χ0) is 18.7. The fourth-order valence-electron chi connectivity index (χ4n) is 2.41. The Kier molecular flexibility index (Phi) is 5.64. The Morgan fingerprint density at radius 2 is 1.85 bits per heavy atom. The molecule has 0 unspecified atom stereocenters. The van der Waals surface area contributed by atoms with E-state index in [-0.39, 0.29) is 5.75 Å². The maximum absolute atomic E-state index is 12.6. The van der Waals surface area contributed by atoms with Crippen molar-refractivity contribution in [3.63, 3.8) is 0 Å². The van der Waals surface area contributed by atoms with Crippen LogP contribution in [0, 0.1) is 13.8 Å². The number of sulfone groups is 1. The van der Waals surface area contributed by atoms with Gasteiger partial charge in [0.05, 0.1) is 16.3 Å². The maximum atomic E-state index is 12.6. The highest BCUT2D eigenvalue weighted by atomic mass is 35.5. The summed E-state index contributed by atoms with van der Waals surface area (Å²) in [6.07, 6.45) is 0. The molecule has 3 rings (SSSR count). The smallest absolute Gasteiger partial charge is 0.214 e. The van der Waals surface area contributed by atoms with E-state index >= 15 is 0 Å². The summed E-state index contributed by atoms with van der Waals surface area (Å²) in [5.74, 6) is 0.360. The summed E-state index contributed by atoms with van der Waals surface area (Å²) in [5, 5.41) is 12.8. The van der Waals surface area contributed by atoms with Gasteiger partial charge in [-0.1, -0.05) is 35.5 Å². The van der Waals surface area contributed by atoms with Crippen LogP contribution in [0.2, 0.25) is 5.02 Å². The predicted octanol–water partition coefficient (Wildman–Crippen LogP) is 3.50. The van der Waals surface area contributed by atoms with E-state index in [9.17, 15) is 8.42 Å². The number of aryl methyl sites for hydroxylation is 2. The number of hydrogen-bond donors (Lipinski definition) is 0. The van der Waals surface area contributed by atoms with Crippen LogP contribution in [0.25, 0.3) is 5.69 Å². The number of halogens is 1. The molecular weight excluding hydrogens is 392 g/mol. The Morgan fingerprint density at radius 3 is 2.58 bits per heavy atom. The van der Waals surface area contributed by atoms with E-state index in [2.05, 4.69) is 15.5 Å². The summed E-state index contributed by atoms with van der Waals surface area (Å²) in [6.45, 7) is 3.69. The van der Waals surface area contributed by atoms with Crippen molar-refractivity contribution in [3.8, 4) is 5.69 Å². The molecule has 1 aromatic heterocycles. The van der Waals surface area contributed by atoms with Gasteiger partial charge in [-0.3, -0.25) is 0 Å². The predicted molar refractivity (Wildman–Crippen MR) is 103 cm³/mol. The van der Waals surface area contributed by atoms with Crippen LogP contribution in [0.15, 0.2) is 52.5 Å². The van der Waals surface area contributed by atoms with Crippen LogP contribution in [0.3, 0.4) is 0 Å². The standard InChI is InChI=1S/C17H17ClN4O2S2/c1-12-3-4-13(2)16(11-12)26(23,24)10-9-25-17-19-20-21-22(17)15-7-5-14(18)6-8-15/h3-8,11H,9-10H2,1-2H3. The first-order valence-corrected chi connectivity index (χ1v) is 10.9. The van der Waals surface area contributed by atoms with E-state index in [1.165, 1.54) is 11.8 Å². The molecule has 0 N–H and O–H groups in total. The molecule has 0 fully saturated rings. The molecule has 0 radical (unpaired) electrons. The van der Waals surface area contributed by atoms with Crippen LogP contribution in [0.5, 0.6) is 0 Å². The van der Waals surface area contributed by atoms with E-state index in [1.54, 1.807) is 41.9 Å². The van der Waals surface area contributed by atoms with Gasteiger partial charge in [0.1, 0.15) is 0 Å². The van der Waals surface area contributed by atoms with Gasteiger partial charge in [0, 0.05) is 10.8 Å². The Bertz CT molecular complexity index is 1020. The molecule has 0 spiro atoms. The summed E-state index contributed by atoms with van der Waals surface area (Å²) >= 11 is 7.19. The number of thioether (sulfide) groups is 1. The van der Waals surface area contributed by atoms with E-state index in [1.807, 2.05) is 19.1 Å². The van der Waals surface area contributed by atoms with E-state index in [0.29, 0.717) is 20.8 Å². The molecule has 2 aromatic carbocycles. The zero-order valence-corrected chi connectivity index (χ0v) is 16.6. The van der Waals surface area contributed by atoms with E-state index < -0.39 is 9.84 Å². The summed E-state index contributed by atoms with van der Waals surface area (Å²) in [6, 6.07) is 12.5. The zero-order valence-electron chi connectivity index (χ0n) is 14.3. The molecule has 0 atom stereocenters. The largest absolute Gasteiger partial charge is 0.224 e. The van der Waals surface area contributed by atoms with Gasteiger partial charge in [0.15, 0.2) is 9.84 Å². The molecule has 0 amide bonds. The maximum Gasteiger partial charge on any atom is 0.214 e. The SMILES string of the molecule is Cc1ccc(C)c(S(=O)(=O)CCSc2nnnn2-c2ccc(Cl)cc2)c1. The number of benzene rings is 2. The highest BCUT2D eigenvalue weighted by Crippen LogP contribution is 2.23. The Morgan fingerprint density at radius 1 is 1.12 bits per heavy atom. The molecule has 26 heavy (non-hydrogen) atoms. The lowest BCUT2D eigenvalue weighted by Crippen LogP contribution is -2.11. The van der Waals surface area contributed by atoms with Crippen LogP contribution in [-0.2, 0) is 9.84 Å². The molecule has 6 nitrogen and oxygen atoms in total. The second kappa shape index (κ2) is 7.77. The fourth-order valence-corrected chi connectivity index (χ4v) is 5.43. The highest BCUT2D eigenvalue weighted by Gasteiger charge is 2.18. The molecule has 0 aliphatic carbocycles. The third kappa shape index (κ3) is 4.25. The average Bonchev–Trinajstić information content (AvgIpc) is 3.06. The lowest BCUT2D eigenvalue weighted by atomic mass is 10.2. The molecule has 9 heteroatoms. The van der Waals surface area contributed by atoms with Crippen molar-refractivity contribution in [2.24, 2.45) is 0 Å². The normalized spacial score (nSPS) is 11.7. The van der Waals surface area contributed by atoms with Crippen molar-refractivity contribution in [2.45, 2.75) is 23.9 Å². The second-order valence-electron chi connectivity index (χ2n) is 5.79. The Hall–Kier alpha value is -1.90. The molecule has 0 saturated carbocycles. The minimum atomic E-state index is -3.37. The van der Waals surface area contributed by atoms with Crippen LogP contribution in [0.4, 0.5) is 0 Å². The molecular formula is C17H17ClN4O2S2. The van der Waals surface area contributed by atoms with Crippen molar-refractivity contribution in [1.82, 2.24) is 20.2 Å². The second-order valence-corrected chi connectivity index (χ2v) is 9.36. The van der Waals surface area contributed by atoms with Gasteiger partial charge >= 0.3 is 0 Å². The number of aromatic nitrogens is 4. The molecule has 1 heterocycles. The quantitative estimate of drug-likeness (QED) is 0.581. The third-order valence-electron chi connectivity index (χ3n) is 3.77. The van der Waals surface area contributed by atoms with Crippen molar-refractivity contribution >= 4 is 33.2 Å². The average molecular weight is 409 g/mol. The minimum Gasteiger partial charge on any atom is -0.224 e. The molecule has 0 saturated heterocycles. The lowest BCUT2D eigenvalue weighted by molar-refractivity contribution is 0.597. The summed E-state index contributed by atoms with van der Waals surface area (Å²) in [4.78, 5) is 0.385. The van der Waals surface area contributed by atoms with Gasteiger partial charge in [-0.25, -0.2) is 8.42 Å².